The van der Waals surface area contributed by atoms with Gasteiger partial charge in [0.2, 0.25) is 0 Å². The molecule has 1 saturated heterocycles. The molecule has 2 aromatic rings. The second-order valence-corrected chi connectivity index (χ2v) is 6.30. The van der Waals surface area contributed by atoms with Crippen molar-refractivity contribution in [1.82, 2.24) is 14.9 Å². The molecule has 1 aromatic carbocycles. The molecule has 8 heteroatoms. The zero-order chi connectivity index (χ0) is 16.4. The maximum atomic E-state index is 12.6. The van der Waals surface area contributed by atoms with Crippen molar-refractivity contribution in [2.75, 3.05) is 12.3 Å². The Hall–Kier alpha value is -2.48. The van der Waals surface area contributed by atoms with Gasteiger partial charge in [0.1, 0.15) is 11.1 Å². The van der Waals surface area contributed by atoms with Gasteiger partial charge in [-0.1, -0.05) is 0 Å². The fraction of sp³-hybridized carbons (Fsp3) is 0.267. The van der Waals surface area contributed by atoms with Gasteiger partial charge in [-0.05, 0) is 24.6 Å². The second kappa shape index (κ2) is 6.33. The summed E-state index contributed by atoms with van der Waals surface area (Å²) in [5.41, 5.74) is 1.97. The lowest BCUT2D eigenvalue weighted by molar-refractivity contribution is -0.384. The number of amides is 1. The lowest BCUT2D eigenvalue weighted by atomic mass is 10.2. The molecule has 2 heterocycles. The third kappa shape index (κ3) is 3.16. The van der Waals surface area contributed by atoms with Crippen molar-refractivity contribution in [2.24, 2.45) is 0 Å². The Kier molecular flexibility index (Phi) is 4.24. The van der Waals surface area contributed by atoms with E-state index in [2.05, 4.69) is 9.97 Å². The zero-order valence-corrected chi connectivity index (χ0v) is 13.2. The Labute approximate surface area is 136 Å². The number of non-ortho nitro benzene ring substituents is 1. The molecule has 1 unspecified atom stereocenters. The van der Waals surface area contributed by atoms with Crippen molar-refractivity contribution >= 4 is 23.4 Å². The van der Waals surface area contributed by atoms with Crippen LogP contribution in [0.5, 0.6) is 0 Å². The van der Waals surface area contributed by atoms with Gasteiger partial charge in [0, 0.05) is 30.6 Å². The molecular weight excluding hydrogens is 316 g/mol. The SMILES string of the molecule is Cc1cnc(C(=O)N2CCSC2c2ccc([N+](=O)[O-])cc2)cn1. The van der Waals surface area contributed by atoms with Gasteiger partial charge in [-0.2, -0.15) is 0 Å². The van der Waals surface area contributed by atoms with E-state index in [0.29, 0.717) is 12.2 Å². The third-order valence-electron chi connectivity index (χ3n) is 3.54. The van der Waals surface area contributed by atoms with Gasteiger partial charge in [0.15, 0.2) is 0 Å². The number of thioether (sulfide) groups is 1. The predicted molar refractivity (Wildman–Crippen MR) is 86.1 cm³/mol. The van der Waals surface area contributed by atoms with Gasteiger partial charge in [-0.15, -0.1) is 11.8 Å². The average Bonchev–Trinajstić information content (AvgIpc) is 3.04. The Balaban J connectivity index is 1.83. The molecule has 23 heavy (non-hydrogen) atoms. The van der Waals surface area contributed by atoms with Gasteiger partial charge >= 0.3 is 0 Å². The highest BCUT2D eigenvalue weighted by molar-refractivity contribution is 7.99. The van der Waals surface area contributed by atoms with E-state index in [9.17, 15) is 14.9 Å². The smallest absolute Gasteiger partial charge is 0.275 e. The highest BCUT2D eigenvalue weighted by atomic mass is 32.2. The molecule has 3 rings (SSSR count). The molecule has 0 bridgehead atoms. The largest absolute Gasteiger partial charge is 0.320 e. The number of benzene rings is 1. The first-order chi connectivity index (χ1) is 11.1. The number of nitro groups is 1. The van der Waals surface area contributed by atoms with Crippen molar-refractivity contribution in [3.63, 3.8) is 0 Å². The number of hydrogen-bond acceptors (Lipinski definition) is 6. The number of carbonyl (C=O) groups is 1. The first-order valence-corrected chi connectivity index (χ1v) is 8.07. The number of hydrogen-bond donors (Lipinski definition) is 0. The van der Waals surface area contributed by atoms with Crippen LogP contribution in [0.25, 0.3) is 0 Å². The number of aryl methyl sites for hydroxylation is 1. The first kappa shape index (κ1) is 15.4. The molecule has 7 nitrogen and oxygen atoms in total. The molecule has 0 aliphatic carbocycles. The molecule has 1 amide bonds. The lowest BCUT2D eigenvalue weighted by Crippen LogP contribution is -2.31. The van der Waals surface area contributed by atoms with Gasteiger partial charge in [-0.25, -0.2) is 4.98 Å². The monoisotopic (exact) mass is 330 g/mol. The number of aromatic nitrogens is 2. The first-order valence-electron chi connectivity index (χ1n) is 7.02. The molecule has 0 saturated carbocycles. The third-order valence-corrected chi connectivity index (χ3v) is 4.80. The summed E-state index contributed by atoms with van der Waals surface area (Å²) in [6.45, 7) is 2.42. The molecule has 1 aromatic heterocycles. The molecule has 0 N–H and O–H groups in total. The zero-order valence-electron chi connectivity index (χ0n) is 12.4. The quantitative estimate of drug-likeness (QED) is 0.635. The van der Waals surface area contributed by atoms with Gasteiger partial charge < -0.3 is 4.90 Å². The Bertz CT molecular complexity index is 733. The second-order valence-electron chi connectivity index (χ2n) is 5.11. The lowest BCUT2D eigenvalue weighted by Gasteiger charge is -2.23. The maximum Gasteiger partial charge on any atom is 0.275 e. The maximum absolute atomic E-state index is 12.6. The van der Waals surface area contributed by atoms with Crippen molar-refractivity contribution < 1.29 is 9.72 Å². The van der Waals surface area contributed by atoms with E-state index in [4.69, 9.17) is 0 Å². The average molecular weight is 330 g/mol. The number of carbonyl (C=O) groups excluding carboxylic acids is 1. The summed E-state index contributed by atoms with van der Waals surface area (Å²) >= 11 is 1.63. The minimum Gasteiger partial charge on any atom is -0.320 e. The van der Waals surface area contributed by atoms with E-state index in [1.165, 1.54) is 18.3 Å². The van der Waals surface area contributed by atoms with Crippen LogP contribution in [0, 0.1) is 17.0 Å². The summed E-state index contributed by atoms with van der Waals surface area (Å²) in [6.07, 6.45) is 3.05. The van der Waals surface area contributed by atoms with Crippen molar-refractivity contribution in [3.8, 4) is 0 Å². The van der Waals surface area contributed by atoms with Gasteiger partial charge in [-0.3, -0.25) is 19.9 Å². The van der Waals surface area contributed by atoms with Crippen LogP contribution in [-0.2, 0) is 0 Å². The van der Waals surface area contributed by atoms with E-state index < -0.39 is 4.92 Å². The topological polar surface area (TPSA) is 89.2 Å². The summed E-state index contributed by atoms with van der Waals surface area (Å²) in [5, 5.41) is 10.6. The van der Waals surface area contributed by atoms with Crippen LogP contribution >= 0.6 is 11.8 Å². The highest BCUT2D eigenvalue weighted by Crippen LogP contribution is 2.38. The molecule has 118 valence electrons. The summed E-state index contributed by atoms with van der Waals surface area (Å²) < 4.78 is 0. The molecule has 1 aliphatic rings. The molecule has 1 aliphatic heterocycles. The van der Waals surface area contributed by atoms with Crippen LogP contribution in [0.1, 0.15) is 27.1 Å². The molecule has 1 fully saturated rings. The minimum absolute atomic E-state index is 0.0408. The van der Waals surface area contributed by atoms with Crippen LogP contribution in [0.15, 0.2) is 36.7 Å². The van der Waals surface area contributed by atoms with E-state index in [-0.39, 0.29) is 17.0 Å². The normalized spacial score (nSPS) is 17.3. The standard InChI is InChI=1S/C15H14N4O3S/c1-10-8-17-13(9-16-10)14(20)18-6-7-23-15(18)11-2-4-12(5-3-11)19(21)22/h2-5,8-9,15H,6-7H2,1H3. The Morgan fingerprint density at radius 3 is 2.65 bits per heavy atom. The van der Waals surface area contributed by atoms with E-state index in [0.717, 1.165) is 17.0 Å². The van der Waals surface area contributed by atoms with E-state index in [1.807, 2.05) is 6.92 Å². The highest BCUT2D eigenvalue weighted by Gasteiger charge is 2.32. The summed E-state index contributed by atoms with van der Waals surface area (Å²) in [5.74, 6) is 0.637. The predicted octanol–water partition coefficient (Wildman–Crippen LogP) is 2.58. The molecule has 0 spiro atoms. The number of nitro benzene ring substituents is 1. The number of rotatable bonds is 3. The Morgan fingerprint density at radius 1 is 1.30 bits per heavy atom. The summed E-state index contributed by atoms with van der Waals surface area (Å²) in [7, 11) is 0. The van der Waals surface area contributed by atoms with Crippen LogP contribution < -0.4 is 0 Å². The van der Waals surface area contributed by atoms with Crippen LogP contribution in [-0.4, -0.2) is 38.0 Å². The molecule has 0 radical (unpaired) electrons. The van der Waals surface area contributed by atoms with E-state index in [1.54, 1.807) is 35.0 Å². The minimum atomic E-state index is -0.434. The van der Waals surface area contributed by atoms with Crippen molar-refractivity contribution in [3.05, 3.63) is 63.7 Å². The Morgan fingerprint density at radius 2 is 2.04 bits per heavy atom. The fourth-order valence-electron chi connectivity index (χ4n) is 2.36. The van der Waals surface area contributed by atoms with Gasteiger partial charge in [0.25, 0.3) is 11.6 Å². The van der Waals surface area contributed by atoms with Crippen LogP contribution in [0.3, 0.4) is 0 Å². The number of nitrogens with zero attached hydrogens (tertiary/aromatic N) is 4. The van der Waals surface area contributed by atoms with Crippen molar-refractivity contribution in [2.45, 2.75) is 12.3 Å². The van der Waals surface area contributed by atoms with Gasteiger partial charge in [0.05, 0.1) is 16.8 Å². The summed E-state index contributed by atoms with van der Waals surface area (Å²) in [6, 6.07) is 6.32. The van der Waals surface area contributed by atoms with Crippen molar-refractivity contribution in [1.29, 1.82) is 0 Å². The van der Waals surface area contributed by atoms with Crippen LogP contribution in [0.2, 0.25) is 0 Å². The molecule has 1 atom stereocenters. The summed E-state index contributed by atoms with van der Waals surface area (Å²) in [4.78, 5) is 32.9. The van der Waals surface area contributed by atoms with Crippen LogP contribution in [0.4, 0.5) is 5.69 Å². The fourth-order valence-corrected chi connectivity index (χ4v) is 3.62. The van der Waals surface area contributed by atoms with E-state index >= 15 is 0 Å². The molecular formula is C15H14N4O3S.